The molecule has 1 N–H and O–H groups in total. The minimum Gasteiger partial charge on any atom is -0.493 e. The monoisotopic (exact) mass is 338 g/mol. The summed E-state index contributed by atoms with van der Waals surface area (Å²) in [4.78, 5) is 14.3. The van der Waals surface area contributed by atoms with Crippen molar-refractivity contribution in [2.75, 3.05) is 31.1 Å². The first-order valence-electron chi connectivity index (χ1n) is 9.10. The maximum absolute atomic E-state index is 11.9. The van der Waals surface area contributed by atoms with Gasteiger partial charge in [0.1, 0.15) is 5.75 Å². The first-order chi connectivity index (χ1) is 12.3. The maximum atomic E-state index is 11.9. The number of hydrogen-bond acceptors (Lipinski definition) is 3. The molecule has 0 bridgehead atoms. The van der Waals surface area contributed by atoms with Crippen LogP contribution in [0.25, 0.3) is 0 Å². The van der Waals surface area contributed by atoms with Gasteiger partial charge in [-0.2, -0.15) is 0 Å². The lowest BCUT2D eigenvalue weighted by atomic mass is 10.1. The molecule has 0 atom stereocenters. The van der Waals surface area contributed by atoms with E-state index in [4.69, 9.17) is 4.74 Å². The Hall–Kier alpha value is -2.49. The molecule has 1 saturated heterocycles. The number of para-hydroxylation sites is 1. The topological polar surface area (TPSA) is 41.6 Å². The fourth-order valence-corrected chi connectivity index (χ4v) is 3.06. The van der Waals surface area contributed by atoms with Gasteiger partial charge in [-0.25, -0.2) is 0 Å². The number of hydrogen-bond donors (Lipinski definition) is 1. The third-order valence-corrected chi connectivity index (χ3v) is 4.48. The molecule has 0 saturated carbocycles. The number of nitrogens with one attached hydrogen (secondary N) is 1. The van der Waals surface area contributed by atoms with Gasteiger partial charge in [-0.3, -0.25) is 4.79 Å². The van der Waals surface area contributed by atoms with Crippen molar-refractivity contribution >= 4 is 11.6 Å². The van der Waals surface area contributed by atoms with Gasteiger partial charge in [0.2, 0.25) is 5.91 Å². The lowest BCUT2D eigenvalue weighted by molar-refractivity contribution is -0.121. The summed E-state index contributed by atoms with van der Waals surface area (Å²) in [7, 11) is 0. The Bertz CT molecular complexity index is 649. The number of ether oxygens (including phenoxy) is 1. The Morgan fingerprint density at radius 1 is 1.00 bits per heavy atom. The number of anilines is 1. The van der Waals surface area contributed by atoms with E-state index in [9.17, 15) is 4.79 Å². The second-order valence-corrected chi connectivity index (χ2v) is 6.37. The number of amides is 1. The number of benzene rings is 2. The number of rotatable bonds is 8. The molecule has 1 fully saturated rings. The van der Waals surface area contributed by atoms with E-state index in [1.54, 1.807) is 0 Å². The summed E-state index contributed by atoms with van der Waals surface area (Å²) in [6.07, 6.45) is 3.82. The molecule has 1 aliphatic heterocycles. The van der Waals surface area contributed by atoms with Crippen molar-refractivity contribution in [2.45, 2.75) is 25.7 Å². The lowest BCUT2D eigenvalue weighted by Crippen LogP contribution is -2.27. The van der Waals surface area contributed by atoms with Crippen LogP contribution in [0.2, 0.25) is 0 Å². The molecule has 25 heavy (non-hydrogen) atoms. The highest BCUT2D eigenvalue weighted by atomic mass is 16.5. The molecule has 0 spiro atoms. The predicted molar refractivity (Wildman–Crippen MR) is 101 cm³/mol. The second kappa shape index (κ2) is 9.11. The van der Waals surface area contributed by atoms with Gasteiger partial charge in [0, 0.05) is 25.3 Å². The average molecular weight is 338 g/mol. The van der Waals surface area contributed by atoms with Gasteiger partial charge >= 0.3 is 0 Å². The molecule has 1 amide bonds. The zero-order valence-corrected chi connectivity index (χ0v) is 14.6. The summed E-state index contributed by atoms with van der Waals surface area (Å²) in [5.41, 5.74) is 2.56. The van der Waals surface area contributed by atoms with Crippen molar-refractivity contribution in [3.05, 3.63) is 60.2 Å². The van der Waals surface area contributed by atoms with Crippen molar-refractivity contribution in [1.29, 1.82) is 0 Å². The number of nitrogens with zero attached hydrogens (tertiary/aromatic N) is 1. The molecule has 4 nitrogen and oxygen atoms in total. The van der Waals surface area contributed by atoms with Crippen LogP contribution >= 0.6 is 0 Å². The second-order valence-electron chi connectivity index (χ2n) is 6.37. The fraction of sp³-hybridized carbons (Fsp3) is 0.381. The summed E-state index contributed by atoms with van der Waals surface area (Å²) in [5.74, 6) is 0.831. The lowest BCUT2D eigenvalue weighted by Gasteiger charge is -2.17. The summed E-state index contributed by atoms with van der Waals surface area (Å²) >= 11 is 0. The zero-order chi connectivity index (χ0) is 17.3. The molecular weight excluding hydrogens is 312 g/mol. The van der Waals surface area contributed by atoms with Crippen LogP contribution in [0, 0.1) is 0 Å². The van der Waals surface area contributed by atoms with E-state index in [0.717, 1.165) is 12.2 Å². The van der Waals surface area contributed by atoms with Crippen molar-refractivity contribution in [3.8, 4) is 5.75 Å². The van der Waals surface area contributed by atoms with Gasteiger partial charge in [-0.1, -0.05) is 30.3 Å². The van der Waals surface area contributed by atoms with Crippen molar-refractivity contribution in [2.24, 2.45) is 0 Å². The SMILES string of the molecule is O=C(CCOc1ccccc1)NCCc1ccc(N2CCCC2)cc1. The molecule has 0 aliphatic carbocycles. The average Bonchev–Trinajstić information content (AvgIpc) is 3.18. The molecule has 1 aliphatic rings. The van der Waals surface area contributed by atoms with E-state index in [1.165, 1.54) is 37.2 Å². The first kappa shape index (κ1) is 17.3. The Morgan fingerprint density at radius 2 is 1.72 bits per heavy atom. The number of carbonyl (C=O) groups is 1. The molecule has 0 unspecified atom stereocenters. The molecule has 0 radical (unpaired) electrons. The van der Waals surface area contributed by atoms with Crippen LogP contribution in [0.3, 0.4) is 0 Å². The zero-order valence-electron chi connectivity index (χ0n) is 14.6. The summed E-state index contributed by atoms with van der Waals surface area (Å²) in [5, 5.41) is 2.96. The summed E-state index contributed by atoms with van der Waals surface area (Å²) < 4.78 is 5.54. The van der Waals surface area contributed by atoms with Gasteiger partial charge < -0.3 is 15.0 Å². The largest absolute Gasteiger partial charge is 0.493 e. The van der Waals surface area contributed by atoms with Crippen LogP contribution in [-0.2, 0) is 11.2 Å². The van der Waals surface area contributed by atoms with Crippen LogP contribution < -0.4 is 15.0 Å². The van der Waals surface area contributed by atoms with Gasteiger partial charge in [-0.15, -0.1) is 0 Å². The highest BCUT2D eigenvalue weighted by molar-refractivity contribution is 5.76. The Morgan fingerprint density at radius 3 is 2.44 bits per heavy atom. The van der Waals surface area contributed by atoms with Crippen molar-refractivity contribution in [3.63, 3.8) is 0 Å². The summed E-state index contributed by atoms with van der Waals surface area (Å²) in [6.45, 7) is 3.40. The van der Waals surface area contributed by atoms with Gasteiger partial charge in [0.25, 0.3) is 0 Å². The predicted octanol–water partition coefficient (Wildman–Crippen LogP) is 3.41. The summed E-state index contributed by atoms with van der Waals surface area (Å²) in [6, 6.07) is 18.3. The maximum Gasteiger partial charge on any atom is 0.223 e. The van der Waals surface area contributed by atoms with Crippen LogP contribution in [-0.4, -0.2) is 32.1 Å². The smallest absolute Gasteiger partial charge is 0.223 e. The minimum atomic E-state index is 0.0321. The number of carbonyl (C=O) groups excluding carboxylic acids is 1. The third-order valence-electron chi connectivity index (χ3n) is 4.48. The Kier molecular flexibility index (Phi) is 6.32. The molecular formula is C21H26N2O2. The van der Waals surface area contributed by atoms with E-state index in [1.807, 2.05) is 30.3 Å². The van der Waals surface area contributed by atoms with Crippen molar-refractivity contribution in [1.82, 2.24) is 5.32 Å². The molecule has 4 heteroatoms. The van der Waals surface area contributed by atoms with Crippen molar-refractivity contribution < 1.29 is 9.53 Å². The van der Waals surface area contributed by atoms with Crippen LogP contribution in [0.4, 0.5) is 5.69 Å². The molecule has 2 aromatic carbocycles. The van der Waals surface area contributed by atoms with E-state index >= 15 is 0 Å². The van der Waals surface area contributed by atoms with Crippen LogP contribution in [0.15, 0.2) is 54.6 Å². The Balaban J connectivity index is 1.32. The van der Waals surface area contributed by atoms with E-state index in [-0.39, 0.29) is 5.91 Å². The molecule has 3 rings (SSSR count). The van der Waals surface area contributed by atoms with E-state index in [2.05, 4.69) is 34.5 Å². The molecule has 0 aromatic heterocycles. The first-order valence-corrected chi connectivity index (χ1v) is 9.10. The quantitative estimate of drug-likeness (QED) is 0.802. The van der Waals surface area contributed by atoms with Gasteiger partial charge in [0.15, 0.2) is 0 Å². The standard InChI is InChI=1S/C21H26N2O2/c24-21(13-17-25-20-6-2-1-3-7-20)22-14-12-18-8-10-19(11-9-18)23-15-4-5-16-23/h1-3,6-11H,4-5,12-17H2,(H,22,24). The third kappa shape index (κ3) is 5.52. The molecule has 2 aromatic rings. The van der Waals surface area contributed by atoms with E-state index < -0.39 is 0 Å². The van der Waals surface area contributed by atoms with E-state index in [0.29, 0.717) is 19.6 Å². The highest BCUT2D eigenvalue weighted by Crippen LogP contribution is 2.20. The molecule has 1 heterocycles. The Labute approximate surface area is 149 Å². The highest BCUT2D eigenvalue weighted by Gasteiger charge is 2.11. The van der Waals surface area contributed by atoms with Crippen LogP contribution in [0.1, 0.15) is 24.8 Å². The van der Waals surface area contributed by atoms with Crippen LogP contribution in [0.5, 0.6) is 5.75 Å². The minimum absolute atomic E-state index is 0.0321. The van der Waals surface area contributed by atoms with Gasteiger partial charge in [-0.05, 0) is 49.1 Å². The fourth-order valence-electron chi connectivity index (χ4n) is 3.06. The normalized spacial score (nSPS) is 13.7. The van der Waals surface area contributed by atoms with Gasteiger partial charge in [0.05, 0.1) is 13.0 Å². The molecule has 132 valence electrons.